The maximum Gasteiger partial charge on any atom is 0.267 e. The largest absolute Gasteiger partial charge is 0.343 e. The third-order valence-corrected chi connectivity index (χ3v) is 6.86. The van der Waals surface area contributed by atoms with Crippen LogP contribution in [0.25, 0.3) is 0 Å². The molecule has 2 N–H and O–H groups in total. The smallest absolute Gasteiger partial charge is 0.267 e. The van der Waals surface area contributed by atoms with Gasteiger partial charge in [-0.05, 0) is 79.6 Å². The van der Waals surface area contributed by atoms with Gasteiger partial charge < -0.3 is 10.2 Å². The van der Waals surface area contributed by atoms with Crippen LogP contribution in [0.4, 0.5) is 4.39 Å². The number of rotatable bonds is 7. The molecule has 2 amide bonds. The van der Waals surface area contributed by atoms with E-state index in [0.29, 0.717) is 24.0 Å². The Morgan fingerprint density at radius 1 is 1.14 bits per heavy atom. The number of aryl methyl sites for hydroxylation is 2. The van der Waals surface area contributed by atoms with Gasteiger partial charge in [0, 0.05) is 23.6 Å². The van der Waals surface area contributed by atoms with Gasteiger partial charge in [-0.15, -0.1) is 0 Å². The van der Waals surface area contributed by atoms with Gasteiger partial charge in [0.1, 0.15) is 5.82 Å². The molecule has 37 heavy (non-hydrogen) atoms. The molecule has 3 aromatic rings. The number of aromatic amines is 1. The van der Waals surface area contributed by atoms with Gasteiger partial charge in [0.25, 0.3) is 11.5 Å². The summed E-state index contributed by atoms with van der Waals surface area (Å²) < 4.78 is 13.9. The highest BCUT2D eigenvalue weighted by molar-refractivity contribution is 5.96. The summed E-state index contributed by atoms with van der Waals surface area (Å²) in [7, 11) is 0. The molecule has 1 aliphatic rings. The van der Waals surface area contributed by atoms with E-state index in [9.17, 15) is 18.8 Å². The summed E-state index contributed by atoms with van der Waals surface area (Å²) in [5, 5.41) is 9.14. The van der Waals surface area contributed by atoms with Gasteiger partial charge in [-0.2, -0.15) is 5.10 Å². The van der Waals surface area contributed by atoms with Gasteiger partial charge in [-0.1, -0.05) is 32.0 Å². The van der Waals surface area contributed by atoms with Gasteiger partial charge in [0.05, 0.1) is 18.3 Å². The Balaban J connectivity index is 1.45. The molecule has 1 aromatic heterocycles. The monoisotopic (exact) mass is 503 g/mol. The first kappa shape index (κ1) is 26.3. The van der Waals surface area contributed by atoms with Crippen molar-refractivity contribution in [2.75, 3.05) is 6.54 Å². The van der Waals surface area contributed by atoms with Gasteiger partial charge in [-0.3, -0.25) is 14.4 Å². The summed E-state index contributed by atoms with van der Waals surface area (Å²) in [6.45, 7) is 7.62. The van der Waals surface area contributed by atoms with E-state index < -0.39 is 0 Å². The first-order chi connectivity index (χ1) is 17.6. The lowest BCUT2D eigenvalue weighted by atomic mass is 9.99. The number of carbonyl (C=O) groups is 2. The van der Waals surface area contributed by atoms with E-state index in [4.69, 9.17) is 0 Å². The molecule has 0 spiro atoms. The first-order valence-electron chi connectivity index (χ1n) is 12.5. The minimum absolute atomic E-state index is 0.0980. The first-order valence-corrected chi connectivity index (χ1v) is 12.5. The molecule has 0 aliphatic carbocycles. The predicted molar refractivity (Wildman–Crippen MR) is 139 cm³/mol. The Bertz CT molecular complexity index is 1370. The van der Waals surface area contributed by atoms with Crippen LogP contribution in [0, 0.1) is 32.0 Å². The number of aromatic nitrogens is 2. The highest BCUT2D eigenvalue weighted by atomic mass is 19.1. The Labute approximate surface area is 216 Å². The fraction of sp³-hybridized carbons (Fsp3) is 0.345. The quantitative estimate of drug-likeness (QED) is 0.509. The molecule has 1 fully saturated rings. The summed E-state index contributed by atoms with van der Waals surface area (Å²) >= 11 is 0. The highest BCUT2D eigenvalue weighted by Crippen LogP contribution is 2.38. The van der Waals surface area contributed by atoms with Crippen LogP contribution < -0.4 is 10.9 Å². The number of benzene rings is 2. The van der Waals surface area contributed by atoms with Crippen LogP contribution in [-0.4, -0.2) is 39.5 Å². The number of halogens is 1. The predicted octanol–water partition coefficient (Wildman–Crippen LogP) is 4.05. The molecule has 4 rings (SSSR count). The molecular formula is C29H32FN4O3. The summed E-state index contributed by atoms with van der Waals surface area (Å²) in [6, 6.07) is 13.0. The van der Waals surface area contributed by atoms with Gasteiger partial charge in [0.15, 0.2) is 0 Å². The van der Waals surface area contributed by atoms with Crippen LogP contribution in [-0.2, 0) is 11.2 Å². The molecule has 2 aromatic carbocycles. The zero-order valence-corrected chi connectivity index (χ0v) is 21.5. The maximum atomic E-state index is 13.9. The Morgan fingerprint density at radius 3 is 2.62 bits per heavy atom. The average molecular weight is 504 g/mol. The molecule has 2 heterocycles. The van der Waals surface area contributed by atoms with Crippen LogP contribution in [0.3, 0.4) is 0 Å². The summed E-state index contributed by atoms with van der Waals surface area (Å²) in [5.41, 5.74) is 4.07. The zero-order valence-electron chi connectivity index (χ0n) is 21.5. The Morgan fingerprint density at radius 2 is 1.92 bits per heavy atom. The van der Waals surface area contributed by atoms with E-state index in [0.717, 1.165) is 22.4 Å². The van der Waals surface area contributed by atoms with Gasteiger partial charge in [-0.25, -0.2) is 9.49 Å². The van der Waals surface area contributed by atoms with Crippen molar-refractivity contribution in [2.24, 2.45) is 5.92 Å². The van der Waals surface area contributed by atoms with E-state index in [1.807, 2.05) is 39.8 Å². The van der Waals surface area contributed by atoms with Crippen LogP contribution in [0.15, 0.2) is 53.3 Å². The van der Waals surface area contributed by atoms with Crippen molar-refractivity contribution < 1.29 is 14.0 Å². The van der Waals surface area contributed by atoms with Crippen molar-refractivity contribution in [2.45, 2.75) is 52.6 Å². The molecule has 1 radical (unpaired) electrons. The van der Waals surface area contributed by atoms with Crippen molar-refractivity contribution in [3.05, 3.63) is 105 Å². The molecule has 0 bridgehead atoms. The van der Waals surface area contributed by atoms with Crippen molar-refractivity contribution in [3.8, 4) is 0 Å². The fourth-order valence-electron chi connectivity index (χ4n) is 4.93. The van der Waals surface area contributed by atoms with Crippen LogP contribution in [0.5, 0.6) is 0 Å². The fourth-order valence-corrected chi connectivity index (χ4v) is 4.93. The number of carbonyl (C=O) groups excluding carboxylic acids is 2. The van der Waals surface area contributed by atoms with E-state index in [1.165, 1.54) is 12.1 Å². The number of hydrogen-bond donors (Lipinski definition) is 2. The van der Waals surface area contributed by atoms with Crippen LogP contribution in [0.2, 0.25) is 0 Å². The van der Waals surface area contributed by atoms with Crippen molar-refractivity contribution in [1.82, 2.24) is 20.4 Å². The Hall–Kier alpha value is -3.81. The number of H-pyrrole nitrogens is 1. The molecule has 7 nitrogen and oxygen atoms in total. The molecule has 1 aliphatic heterocycles. The molecule has 8 heteroatoms. The second-order valence-electron chi connectivity index (χ2n) is 9.94. The second kappa shape index (κ2) is 11.1. The van der Waals surface area contributed by atoms with E-state index >= 15 is 0 Å². The van der Waals surface area contributed by atoms with E-state index in [1.54, 1.807) is 29.2 Å². The molecule has 0 saturated carbocycles. The molecule has 0 unspecified atom stereocenters. The summed E-state index contributed by atoms with van der Waals surface area (Å²) in [4.78, 5) is 40.0. The number of nitrogens with zero attached hydrogens (tertiary/aromatic N) is 2. The SMILES string of the molecule is Cc1cc(Cc2ccc(C(=O)NCC(=O)N3[C@H](c4cccc(F)c4)C[CH][C@H]3C(C)C)cc2C)c(=O)[nH]n1. The minimum Gasteiger partial charge on any atom is -0.343 e. The van der Waals surface area contributed by atoms with E-state index in [2.05, 4.69) is 21.9 Å². The second-order valence-corrected chi connectivity index (χ2v) is 9.94. The lowest BCUT2D eigenvalue weighted by Gasteiger charge is -2.33. The summed E-state index contributed by atoms with van der Waals surface area (Å²) in [6.07, 6.45) is 3.15. The van der Waals surface area contributed by atoms with E-state index in [-0.39, 0.29) is 47.7 Å². The van der Waals surface area contributed by atoms with Gasteiger partial charge in [0.2, 0.25) is 5.91 Å². The normalized spacial score (nSPS) is 17.3. The minimum atomic E-state index is -0.354. The van der Waals surface area contributed by atoms with Crippen LogP contribution >= 0.6 is 0 Å². The van der Waals surface area contributed by atoms with Crippen molar-refractivity contribution in [3.63, 3.8) is 0 Å². The molecular weight excluding hydrogens is 471 g/mol. The standard InChI is InChI=1S/C29H32FN4O3/c1-17(2)25-10-11-26(21-6-5-7-24(30)15-21)34(25)27(35)16-31-28(36)22-9-8-20(18(3)12-22)14-23-13-19(4)32-33-29(23)37/h5-10,12-13,15,17,25-26H,11,14,16H2,1-4H3,(H,31,36)(H,33,37)/t25-,26-/m0/s1. The van der Waals surface area contributed by atoms with Crippen molar-refractivity contribution >= 4 is 11.8 Å². The maximum absolute atomic E-state index is 13.9. The average Bonchev–Trinajstić information content (AvgIpc) is 3.31. The number of amides is 2. The molecule has 2 atom stereocenters. The number of likely N-dealkylation sites (tertiary alicyclic amines) is 1. The number of hydrogen-bond acceptors (Lipinski definition) is 4. The number of nitrogens with one attached hydrogen (secondary N) is 2. The lowest BCUT2D eigenvalue weighted by Crippen LogP contribution is -2.45. The zero-order chi connectivity index (χ0) is 26.7. The van der Waals surface area contributed by atoms with Gasteiger partial charge >= 0.3 is 0 Å². The Kier molecular flexibility index (Phi) is 7.86. The lowest BCUT2D eigenvalue weighted by molar-refractivity contribution is -0.133. The van der Waals surface area contributed by atoms with Crippen LogP contribution in [0.1, 0.15) is 64.6 Å². The molecule has 193 valence electrons. The third-order valence-electron chi connectivity index (χ3n) is 6.86. The molecule has 1 saturated heterocycles. The van der Waals surface area contributed by atoms with Crippen molar-refractivity contribution in [1.29, 1.82) is 0 Å². The summed E-state index contributed by atoms with van der Waals surface area (Å²) in [5.74, 6) is -0.721. The highest BCUT2D eigenvalue weighted by Gasteiger charge is 2.39. The third kappa shape index (κ3) is 5.96. The topological polar surface area (TPSA) is 95.2 Å².